The van der Waals surface area contributed by atoms with Gasteiger partial charge in [-0.1, -0.05) is 37.3 Å². The van der Waals surface area contributed by atoms with Crippen LogP contribution >= 0.6 is 7.60 Å². The summed E-state index contributed by atoms with van der Waals surface area (Å²) in [7, 11) is -4.35. The van der Waals surface area contributed by atoms with Gasteiger partial charge >= 0.3 is 13.6 Å². The molecule has 1 aromatic rings. The van der Waals surface area contributed by atoms with Crippen molar-refractivity contribution in [3.8, 4) is 0 Å². The monoisotopic (exact) mass is 400 g/mol. The van der Waals surface area contributed by atoms with Crippen LogP contribution in [0.1, 0.15) is 44.6 Å². The zero-order valence-corrected chi connectivity index (χ0v) is 16.4. The molecule has 1 aromatic carbocycles. The summed E-state index contributed by atoms with van der Waals surface area (Å²) in [5.41, 5.74) is 6.35. The number of aryl methyl sites for hydroxylation is 1. The molecule has 1 rings (SSSR count). The molecule has 5 N–H and O–H groups in total. The summed E-state index contributed by atoms with van der Waals surface area (Å²) >= 11 is 0. The number of amides is 1. The molecule has 0 spiro atoms. The van der Waals surface area contributed by atoms with Crippen molar-refractivity contribution in [3.05, 3.63) is 35.9 Å². The van der Waals surface area contributed by atoms with Gasteiger partial charge in [0.05, 0.1) is 0 Å². The predicted octanol–water partition coefficient (Wildman–Crippen LogP) is 2.26. The fourth-order valence-electron chi connectivity index (χ4n) is 2.53. The standard InChI is InChI=1S/C18H29N2O6P/c1-2-17(20-16(21)12-11-14-8-4-3-5-9-14)27(24,25)26-15(18(22)23)10-6-7-13-19/h3-5,8-9,15,17H,2,6-7,10-13,19H2,1H3,(H,20,21)(H,22,23)(H,24,25)/t15-,17?/m0/s1. The summed E-state index contributed by atoms with van der Waals surface area (Å²) in [5.74, 6) is -2.86. The second-order valence-electron chi connectivity index (χ2n) is 6.26. The number of hydrogen-bond donors (Lipinski definition) is 4. The summed E-state index contributed by atoms with van der Waals surface area (Å²) < 4.78 is 17.6. The van der Waals surface area contributed by atoms with Crippen LogP contribution in [0.4, 0.5) is 0 Å². The Morgan fingerprint density at radius 3 is 2.48 bits per heavy atom. The molecule has 27 heavy (non-hydrogen) atoms. The third-order valence-electron chi connectivity index (χ3n) is 4.07. The highest BCUT2D eigenvalue weighted by molar-refractivity contribution is 7.53. The van der Waals surface area contributed by atoms with Crippen molar-refractivity contribution < 1.29 is 28.7 Å². The fraction of sp³-hybridized carbons (Fsp3) is 0.556. The molecule has 1 amide bonds. The van der Waals surface area contributed by atoms with Crippen LogP contribution in [-0.4, -0.2) is 40.3 Å². The number of unbranched alkanes of at least 4 members (excludes halogenated alkanes) is 1. The van der Waals surface area contributed by atoms with Gasteiger partial charge in [0.25, 0.3) is 0 Å². The molecule has 0 aliphatic carbocycles. The largest absolute Gasteiger partial charge is 0.479 e. The Bertz CT molecular complexity index is 640. The van der Waals surface area contributed by atoms with Crippen LogP contribution in [0.3, 0.4) is 0 Å². The van der Waals surface area contributed by atoms with Crippen molar-refractivity contribution >= 4 is 19.5 Å². The number of carbonyl (C=O) groups is 2. The number of hydrogen-bond acceptors (Lipinski definition) is 5. The van der Waals surface area contributed by atoms with Crippen LogP contribution in [0.15, 0.2) is 30.3 Å². The van der Waals surface area contributed by atoms with Gasteiger partial charge in [0.2, 0.25) is 5.91 Å². The van der Waals surface area contributed by atoms with E-state index in [0.717, 1.165) is 5.56 Å². The molecule has 0 fully saturated rings. The van der Waals surface area contributed by atoms with Gasteiger partial charge in [-0.05, 0) is 44.2 Å². The molecule has 0 radical (unpaired) electrons. The average molecular weight is 400 g/mol. The zero-order chi connectivity index (χ0) is 20.3. The van der Waals surface area contributed by atoms with Crippen LogP contribution < -0.4 is 11.1 Å². The quantitative estimate of drug-likeness (QED) is 0.294. The number of rotatable bonds is 13. The van der Waals surface area contributed by atoms with Crippen molar-refractivity contribution in [1.29, 1.82) is 0 Å². The highest BCUT2D eigenvalue weighted by Crippen LogP contribution is 2.49. The first kappa shape index (κ1) is 23.3. The van der Waals surface area contributed by atoms with Crippen molar-refractivity contribution in [2.24, 2.45) is 5.73 Å². The predicted molar refractivity (Wildman–Crippen MR) is 102 cm³/mol. The lowest BCUT2D eigenvalue weighted by atomic mass is 10.1. The number of aliphatic carboxylic acids is 1. The van der Waals surface area contributed by atoms with E-state index in [-0.39, 0.29) is 19.3 Å². The van der Waals surface area contributed by atoms with Crippen LogP contribution in [0.5, 0.6) is 0 Å². The van der Waals surface area contributed by atoms with Gasteiger partial charge in [0.15, 0.2) is 6.10 Å². The van der Waals surface area contributed by atoms with Crippen molar-refractivity contribution in [2.45, 2.75) is 57.3 Å². The maximum atomic E-state index is 12.5. The molecule has 2 unspecified atom stereocenters. The second-order valence-corrected chi connectivity index (χ2v) is 8.22. The Balaban J connectivity index is 2.63. The first-order valence-corrected chi connectivity index (χ1v) is 10.7. The summed E-state index contributed by atoms with van der Waals surface area (Å²) in [5, 5.41) is 11.7. The molecule has 0 bridgehead atoms. The van der Waals surface area contributed by atoms with Gasteiger partial charge in [-0.3, -0.25) is 13.9 Å². The summed E-state index contributed by atoms with van der Waals surface area (Å²) in [6.45, 7) is 2.02. The molecule has 3 atom stereocenters. The maximum absolute atomic E-state index is 12.5. The minimum absolute atomic E-state index is 0.0788. The van der Waals surface area contributed by atoms with Gasteiger partial charge in [0, 0.05) is 6.42 Å². The number of carboxylic acids is 1. The van der Waals surface area contributed by atoms with Crippen LogP contribution in [0, 0.1) is 0 Å². The highest BCUT2D eigenvalue weighted by Gasteiger charge is 2.37. The molecule has 0 heterocycles. The van der Waals surface area contributed by atoms with E-state index in [1.807, 2.05) is 30.3 Å². The first-order valence-electron chi connectivity index (χ1n) is 9.07. The van der Waals surface area contributed by atoms with E-state index in [1.165, 1.54) is 0 Å². The molecule has 0 aromatic heterocycles. The summed E-state index contributed by atoms with van der Waals surface area (Å²) in [6.07, 6.45) is 0.512. The number of carbonyl (C=O) groups excluding carboxylic acids is 1. The second kappa shape index (κ2) is 11.9. The first-order chi connectivity index (χ1) is 12.8. The van der Waals surface area contributed by atoms with Gasteiger partial charge in [-0.15, -0.1) is 0 Å². The fourth-order valence-corrected chi connectivity index (χ4v) is 4.00. The lowest BCUT2D eigenvalue weighted by molar-refractivity contribution is -0.145. The third kappa shape index (κ3) is 8.67. The minimum Gasteiger partial charge on any atom is -0.479 e. The molecule has 0 saturated carbocycles. The van der Waals surface area contributed by atoms with Crippen molar-refractivity contribution in [1.82, 2.24) is 5.32 Å². The summed E-state index contributed by atoms with van der Waals surface area (Å²) in [4.78, 5) is 33.6. The lowest BCUT2D eigenvalue weighted by Crippen LogP contribution is -2.36. The van der Waals surface area contributed by atoms with E-state index in [9.17, 15) is 24.2 Å². The van der Waals surface area contributed by atoms with E-state index in [2.05, 4.69) is 5.32 Å². The van der Waals surface area contributed by atoms with E-state index < -0.39 is 31.4 Å². The average Bonchev–Trinajstić information content (AvgIpc) is 2.64. The molecule has 9 heteroatoms. The van der Waals surface area contributed by atoms with Gasteiger partial charge in [-0.2, -0.15) is 0 Å². The molecule has 0 aliphatic rings. The Kier molecular flexibility index (Phi) is 10.3. The van der Waals surface area contributed by atoms with Crippen LogP contribution in [0.2, 0.25) is 0 Å². The topological polar surface area (TPSA) is 139 Å². The summed E-state index contributed by atoms with van der Waals surface area (Å²) in [6, 6.07) is 9.40. The van der Waals surface area contributed by atoms with Crippen molar-refractivity contribution in [2.75, 3.05) is 6.54 Å². The number of nitrogens with one attached hydrogen (secondary N) is 1. The van der Waals surface area contributed by atoms with Crippen LogP contribution in [0.25, 0.3) is 0 Å². The maximum Gasteiger partial charge on any atom is 0.351 e. The lowest BCUT2D eigenvalue weighted by Gasteiger charge is -2.25. The van der Waals surface area contributed by atoms with Gasteiger partial charge in [-0.25, -0.2) is 4.79 Å². The molecule has 8 nitrogen and oxygen atoms in total. The van der Waals surface area contributed by atoms with Gasteiger partial charge < -0.3 is 21.1 Å². The molecular weight excluding hydrogens is 371 g/mol. The van der Waals surface area contributed by atoms with Crippen LogP contribution in [-0.2, 0) is 25.1 Å². The number of benzene rings is 1. The number of carboxylic acid groups (broad SMARTS) is 1. The molecule has 152 valence electrons. The SMILES string of the molecule is CCC(NC(=O)CCc1ccccc1)P(=O)(O)O[C@@H](CCCCN)C(=O)O. The minimum atomic E-state index is -4.35. The normalized spacial score (nSPS) is 15.5. The molecule has 0 aliphatic heterocycles. The number of nitrogens with two attached hydrogens (primary N) is 1. The Labute approximate surface area is 159 Å². The molecular formula is C18H29N2O6P. The van der Waals surface area contributed by atoms with E-state index in [4.69, 9.17) is 10.3 Å². The Hall–Kier alpha value is -1.73. The Morgan fingerprint density at radius 2 is 1.93 bits per heavy atom. The van der Waals surface area contributed by atoms with E-state index in [0.29, 0.717) is 25.8 Å². The van der Waals surface area contributed by atoms with E-state index >= 15 is 0 Å². The van der Waals surface area contributed by atoms with Crippen molar-refractivity contribution in [3.63, 3.8) is 0 Å². The highest BCUT2D eigenvalue weighted by atomic mass is 31.2. The smallest absolute Gasteiger partial charge is 0.351 e. The Morgan fingerprint density at radius 1 is 1.26 bits per heavy atom. The van der Waals surface area contributed by atoms with E-state index in [1.54, 1.807) is 6.92 Å². The molecule has 0 saturated heterocycles. The van der Waals surface area contributed by atoms with Gasteiger partial charge in [0.1, 0.15) is 5.78 Å². The zero-order valence-electron chi connectivity index (χ0n) is 15.5. The third-order valence-corrected chi connectivity index (χ3v) is 5.90.